The lowest BCUT2D eigenvalue weighted by Gasteiger charge is -2.24. The first-order chi connectivity index (χ1) is 10.2. The molecule has 6 nitrogen and oxygen atoms in total. The summed E-state index contributed by atoms with van der Waals surface area (Å²) >= 11 is 0. The van der Waals surface area contributed by atoms with Crippen LogP contribution >= 0.6 is 0 Å². The zero-order valence-electron chi connectivity index (χ0n) is 11.5. The molecular weight excluding hydrogens is 273 g/mol. The van der Waals surface area contributed by atoms with E-state index >= 15 is 0 Å². The number of likely N-dealkylation sites (tertiary alicyclic amines) is 1. The Balaban J connectivity index is 1.66. The Hall–Kier alpha value is -2.31. The van der Waals surface area contributed by atoms with Gasteiger partial charge in [0.2, 0.25) is 5.91 Å². The summed E-state index contributed by atoms with van der Waals surface area (Å²) < 4.78 is 14.7. The average Bonchev–Trinajstić information content (AvgIpc) is 3.10. The summed E-state index contributed by atoms with van der Waals surface area (Å²) in [7, 11) is 0. The third-order valence-corrected chi connectivity index (χ3v) is 3.75. The van der Waals surface area contributed by atoms with Crippen molar-refractivity contribution in [1.82, 2.24) is 25.1 Å². The molecule has 0 bridgehead atoms. The molecule has 1 aromatic heterocycles. The number of hydrogen-bond donors (Lipinski definition) is 0. The predicted octanol–water partition coefficient (Wildman–Crippen LogP) is 1.05. The molecule has 2 aromatic rings. The van der Waals surface area contributed by atoms with Gasteiger partial charge in [0.1, 0.15) is 18.7 Å². The Kier molecular flexibility index (Phi) is 3.89. The van der Waals surface area contributed by atoms with Gasteiger partial charge in [-0.2, -0.15) is 0 Å². The van der Waals surface area contributed by atoms with Gasteiger partial charge in [0.05, 0.1) is 0 Å². The van der Waals surface area contributed by atoms with Gasteiger partial charge in [0, 0.05) is 12.6 Å². The van der Waals surface area contributed by atoms with E-state index in [1.165, 1.54) is 23.1 Å². The van der Waals surface area contributed by atoms with E-state index in [0.29, 0.717) is 6.42 Å². The molecule has 1 unspecified atom stereocenters. The van der Waals surface area contributed by atoms with E-state index in [-0.39, 0.29) is 24.3 Å². The van der Waals surface area contributed by atoms with Gasteiger partial charge in [-0.15, -0.1) is 5.10 Å². The fourth-order valence-electron chi connectivity index (χ4n) is 2.79. The Labute approximate surface area is 121 Å². The van der Waals surface area contributed by atoms with Gasteiger partial charge in [-0.05, 0) is 47.4 Å². The number of tetrazole rings is 1. The average molecular weight is 289 g/mol. The summed E-state index contributed by atoms with van der Waals surface area (Å²) in [4.78, 5) is 14.2. The molecule has 0 saturated carbocycles. The van der Waals surface area contributed by atoms with E-state index in [1.807, 2.05) is 11.0 Å². The molecule has 1 aliphatic rings. The maximum Gasteiger partial charge on any atom is 0.244 e. The van der Waals surface area contributed by atoms with Crippen LogP contribution in [0.15, 0.2) is 30.6 Å². The molecule has 7 heteroatoms. The van der Waals surface area contributed by atoms with Gasteiger partial charge >= 0.3 is 0 Å². The summed E-state index contributed by atoms with van der Waals surface area (Å²) in [5, 5.41) is 10.7. The fourth-order valence-corrected chi connectivity index (χ4v) is 2.79. The highest BCUT2D eigenvalue weighted by molar-refractivity contribution is 5.76. The van der Waals surface area contributed by atoms with Crippen LogP contribution < -0.4 is 0 Å². The second kappa shape index (κ2) is 5.99. The highest BCUT2D eigenvalue weighted by atomic mass is 19.1. The highest BCUT2D eigenvalue weighted by Gasteiger charge is 2.28. The van der Waals surface area contributed by atoms with Crippen LogP contribution in [0.25, 0.3) is 0 Å². The number of aromatic nitrogens is 4. The molecule has 0 aliphatic carbocycles. The molecule has 0 spiro atoms. The number of benzene rings is 1. The molecule has 110 valence electrons. The van der Waals surface area contributed by atoms with Crippen molar-refractivity contribution in [3.05, 3.63) is 42.0 Å². The number of nitrogens with zero attached hydrogens (tertiary/aromatic N) is 5. The standard InChI is InChI=1S/C14H16FN5O/c15-12-4-1-3-11(7-12)8-13-5-2-6-20(13)14(21)9-19-10-16-17-18-19/h1,3-4,7,10,13H,2,5-6,8-9H2. The van der Waals surface area contributed by atoms with Gasteiger partial charge in [0.25, 0.3) is 0 Å². The Morgan fingerprint density at radius 1 is 1.43 bits per heavy atom. The predicted molar refractivity (Wildman–Crippen MR) is 72.7 cm³/mol. The lowest BCUT2D eigenvalue weighted by atomic mass is 10.0. The first-order valence-electron chi connectivity index (χ1n) is 6.97. The lowest BCUT2D eigenvalue weighted by Crippen LogP contribution is -2.39. The largest absolute Gasteiger partial charge is 0.338 e. The molecule has 1 saturated heterocycles. The number of carbonyl (C=O) groups excluding carboxylic acids is 1. The van der Waals surface area contributed by atoms with Gasteiger partial charge in [-0.3, -0.25) is 4.79 Å². The number of hydrogen-bond acceptors (Lipinski definition) is 4. The van der Waals surface area contributed by atoms with E-state index in [9.17, 15) is 9.18 Å². The quantitative estimate of drug-likeness (QED) is 0.844. The molecule has 3 rings (SSSR count). The fraction of sp³-hybridized carbons (Fsp3) is 0.429. The zero-order chi connectivity index (χ0) is 14.7. The molecule has 1 aromatic carbocycles. The minimum absolute atomic E-state index is 0.00111. The summed E-state index contributed by atoms with van der Waals surface area (Å²) in [5.74, 6) is -0.238. The van der Waals surface area contributed by atoms with Gasteiger partial charge in [-0.1, -0.05) is 12.1 Å². The lowest BCUT2D eigenvalue weighted by molar-refractivity contribution is -0.132. The number of rotatable bonds is 4. The summed E-state index contributed by atoms with van der Waals surface area (Å²) in [5.41, 5.74) is 0.919. The van der Waals surface area contributed by atoms with Crippen LogP contribution in [0.2, 0.25) is 0 Å². The second-order valence-corrected chi connectivity index (χ2v) is 5.22. The SMILES string of the molecule is O=C(Cn1cnnn1)N1CCCC1Cc1cccc(F)c1. The maximum absolute atomic E-state index is 13.2. The number of amides is 1. The molecule has 1 aliphatic heterocycles. The molecule has 1 fully saturated rings. The van der Waals surface area contributed by atoms with Crippen LogP contribution in [0, 0.1) is 5.82 Å². The first kappa shape index (κ1) is 13.7. The van der Waals surface area contributed by atoms with Crippen LogP contribution in [0.3, 0.4) is 0 Å². The van der Waals surface area contributed by atoms with Crippen LogP contribution in [0.4, 0.5) is 4.39 Å². The van der Waals surface area contributed by atoms with Crippen molar-refractivity contribution >= 4 is 5.91 Å². The van der Waals surface area contributed by atoms with E-state index in [0.717, 1.165) is 24.9 Å². The van der Waals surface area contributed by atoms with Crippen molar-refractivity contribution in [2.75, 3.05) is 6.54 Å². The van der Waals surface area contributed by atoms with Crippen LogP contribution in [-0.4, -0.2) is 43.6 Å². The van der Waals surface area contributed by atoms with Crippen LogP contribution in [0.1, 0.15) is 18.4 Å². The normalized spacial score (nSPS) is 18.1. The van der Waals surface area contributed by atoms with E-state index in [4.69, 9.17) is 0 Å². The molecule has 0 radical (unpaired) electrons. The minimum atomic E-state index is -0.239. The second-order valence-electron chi connectivity index (χ2n) is 5.22. The maximum atomic E-state index is 13.2. The topological polar surface area (TPSA) is 63.9 Å². The smallest absolute Gasteiger partial charge is 0.244 e. The van der Waals surface area contributed by atoms with Gasteiger partial charge in [0.15, 0.2) is 0 Å². The Bertz CT molecular complexity index is 616. The van der Waals surface area contributed by atoms with E-state index in [1.54, 1.807) is 6.07 Å². The van der Waals surface area contributed by atoms with E-state index < -0.39 is 0 Å². The van der Waals surface area contributed by atoms with Crippen LogP contribution in [-0.2, 0) is 17.8 Å². The summed E-state index contributed by atoms with van der Waals surface area (Å²) in [6.07, 6.45) is 4.02. The Morgan fingerprint density at radius 3 is 3.10 bits per heavy atom. The molecule has 1 amide bonds. The third-order valence-electron chi connectivity index (χ3n) is 3.75. The molecule has 1 atom stereocenters. The Morgan fingerprint density at radius 2 is 2.33 bits per heavy atom. The molecule has 2 heterocycles. The molecule has 0 N–H and O–H groups in total. The zero-order valence-corrected chi connectivity index (χ0v) is 11.5. The van der Waals surface area contributed by atoms with Crippen molar-refractivity contribution in [3.8, 4) is 0 Å². The minimum Gasteiger partial charge on any atom is -0.338 e. The van der Waals surface area contributed by atoms with Gasteiger partial charge in [-0.25, -0.2) is 9.07 Å². The van der Waals surface area contributed by atoms with Crippen molar-refractivity contribution in [2.24, 2.45) is 0 Å². The van der Waals surface area contributed by atoms with Crippen LogP contribution in [0.5, 0.6) is 0 Å². The van der Waals surface area contributed by atoms with Crippen molar-refractivity contribution in [2.45, 2.75) is 31.8 Å². The molecular formula is C14H16FN5O. The van der Waals surface area contributed by atoms with E-state index in [2.05, 4.69) is 15.5 Å². The molecule has 21 heavy (non-hydrogen) atoms. The summed E-state index contributed by atoms with van der Waals surface area (Å²) in [6, 6.07) is 6.68. The number of carbonyl (C=O) groups is 1. The van der Waals surface area contributed by atoms with Crippen molar-refractivity contribution < 1.29 is 9.18 Å². The third kappa shape index (κ3) is 3.24. The van der Waals surface area contributed by atoms with Gasteiger partial charge < -0.3 is 4.90 Å². The summed E-state index contributed by atoms with van der Waals surface area (Å²) in [6.45, 7) is 0.883. The highest BCUT2D eigenvalue weighted by Crippen LogP contribution is 2.22. The van der Waals surface area contributed by atoms with Crippen molar-refractivity contribution in [1.29, 1.82) is 0 Å². The first-order valence-corrected chi connectivity index (χ1v) is 6.97. The van der Waals surface area contributed by atoms with Crippen molar-refractivity contribution in [3.63, 3.8) is 0 Å². The monoisotopic (exact) mass is 289 g/mol. The number of halogens is 1.